The molecule has 1 atom stereocenters. The van der Waals surface area contributed by atoms with Crippen LogP contribution in [-0.4, -0.2) is 36.9 Å². The van der Waals surface area contributed by atoms with Crippen LogP contribution in [0.2, 0.25) is 5.02 Å². The van der Waals surface area contributed by atoms with Crippen LogP contribution < -0.4 is 10.6 Å². The number of anilines is 1. The number of aliphatic carboxylic acids is 1. The number of carboxylic acid groups (broad SMARTS) is 1. The Hall–Kier alpha value is -1.79. The Bertz CT molecular complexity index is 493. The van der Waals surface area contributed by atoms with E-state index in [2.05, 4.69) is 10.6 Å². The lowest BCUT2D eigenvalue weighted by molar-refractivity contribution is -0.139. The molecule has 0 fully saturated rings. The third-order valence-corrected chi connectivity index (χ3v) is 2.90. The van der Waals surface area contributed by atoms with Gasteiger partial charge in [-0.05, 0) is 24.6 Å². The molecule has 7 heteroatoms. The Kier molecular flexibility index (Phi) is 6.27. The number of hydrogen-bond donors (Lipinski definition) is 3. The average Bonchev–Trinajstić information content (AvgIpc) is 2.37. The minimum absolute atomic E-state index is 0.181. The second kappa shape index (κ2) is 7.72. The van der Waals surface area contributed by atoms with E-state index in [-0.39, 0.29) is 13.0 Å². The highest BCUT2D eigenvalue weighted by Gasteiger charge is 2.19. The monoisotopic (exact) mass is 300 g/mol. The summed E-state index contributed by atoms with van der Waals surface area (Å²) in [6.07, 6.45) is 0.181. The molecule has 110 valence electrons. The summed E-state index contributed by atoms with van der Waals surface area (Å²) in [5, 5.41) is 14.2. The van der Waals surface area contributed by atoms with E-state index < -0.39 is 18.0 Å². The van der Waals surface area contributed by atoms with Gasteiger partial charge in [0.1, 0.15) is 6.04 Å². The van der Waals surface area contributed by atoms with Crippen molar-refractivity contribution >= 4 is 29.3 Å². The number of methoxy groups -OCH3 is 1. The molecule has 0 heterocycles. The smallest absolute Gasteiger partial charge is 0.326 e. The first-order valence-corrected chi connectivity index (χ1v) is 6.37. The Balaban J connectivity index is 2.63. The molecular formula is C13H17ClN2O4. The number of ether oxygens (including phenoxy) is 1. The Labute approximate surface area is 122 Å². The molecule has 0 radical (unpaired) electrons. The minimum Gasteiger partial charge on any atom is -0.480 e. The number of carbonyl (C=O) groups is 2. The van der Waals surface area contributed by atoms with E-state index in [4.69, 9.17) is 21.4 Å². The fourth-order valence-electron chi connectivity index (χ4n) is 1.53. The maximum Gasteiger partial charge on any atom is 0.326 e. The predicted octanol–water partition coefficient (Wildman–Crippen LogP) is 2.26. The first-order valence-electron chi connectivity index (χ1n) is 5.99. The number of halogens is 1. The lowest BCUT2D eigenvalue weighted by Gasteiger charge is -2.15. The number of rotatable bonds is 6. The Morgan fingerprint density at radius 3 is 2.70 bits per heavy atom. The van der Waals surface area contributed by atoms with E-state index in [1.807, 2.05) is 6.92 Å². The van der Waals surface area contributed by atoms with Gasteiger partial charge in [0.25, 0.3) is 0 Å². The summed E-state index contributed by atoms with van der Waals surface area (Å²) < 4.78 is 4.80. The molecule has 0 spiro atoms. The summed E-state index contributed by atoms with van der Waals surface area (Å²) in [4.78, 5) is 22.7. The molecule has 0 aromatic heterocycles. The van der Waals surface area contributed by atoms with Gasteiger partial charge in [-0.2, -0.15) is 0 Å². The second-order valence-corrected chi connectivity index (χ2v) is 4.66. The molecule has 6 nitrogen and oxygen atoms in total. The molecule has 0 aliphatic carbocycles. The van der Waals surface area contributed by atoms with Gasteiger partial charge in [0.15, 0.2) is 0 Å². The van der Waals surface area contributed by atoms with Gasteiger partial charge in [-0.25, -0.2) is 9.59 Å². The van der Waals surface area contributed by atoms with Gasteiger partial charge >= 0.3 is 12.0 Å². The normalized spacial score (nSPS) is 11.8. The fourth-order valence-corrected chi connectivity index (χ4v) is 1.81. The quantitative estimate of drug-likeness (QED) is 0.752. The van der Waals surface area contributed by atoms with Crippen molar-refractivity contribution in [2.75, 3.05) is 19.0 Å². The SMILES string of the molecule is COCCC(NC(=O)Nc1ccc(C)cc1Cl)C(=O)O. The molecule has 0 bridgehead atoms. The van der Waals surface area contributed by atoms with Crippen LogP contribution in [0.25, 0.3) is 0 Å². The first-order chi connectivity index (χ1) is 9.43. The molecule has 1 aromatic carbocycles. The van der Waals surface area contributed by atoms with Crippen molar-refractivity contribution < 1.29 is 19.4 Å². The molecule has 0 saturated heterocycles. The summed E-state index contributed by atoms with van der Waals surface area (Å²) >= 11 is 5.98. The number of benzene rings is 1. The summed E-state index contributed by atoms with van der Waals surface area (Å²) in [5.41, 5.74) is 1.38. The van der Waals surface area contributed by atoms with Gasteiger partial charge in [0.05, 0.1) is 10.7 Å². The van der Waals surface area contributed by atoms with Crippen molar-refractivity contribution in [1.29, 1.82) is 0 Å². The number of amides is 2. The van der Waals surface area contributed by atoms with Gasteiger partial charge < -0.3 is 20.5 Å². The van der Waals surface area contributed by atoms with Crippen molar-refractivity contribution in [1.82, 2.24) is 5.32 Å². The Morgan fingerprint density at radius 1 is 1.45 bits per heavy atom. The summed E-state index contributed by atoms with van der Waals surface area (Å²) in [7, 11) is 1.46. The highest BCUT2D eigenvalue weighted by molar-refractivity contribution is 6.33. The number of aryl methyl sites for hydroxylation is 1. The molecular weight excluding hydrogens is 284 g/mol. The van der Waals surface area contributed by atoms with Crippen molar-refractivity contribution in [3.8, 4) is 0 Å². The van der Waals surface area contributed by atoms with Crippen LogP contribution in [0.15, 0.2) is 18.2 Å². The molecule has 1 unspecified atom stereocenters. The average molecular weight is 301 g/mol. The van der Waals surface area contributed by atoms with Crippen LogP contribution in [0.4, 0.5) is 10.5 Å². The van der Waals surface area contributed by atoms with Crippen LogP contribution >= 0.6 is 11.6 Å². The standard InChI is InChI=1S/C13H17ClN2O4/c1-8-3-4-10(9(14)7-8)15-13(19)16-11(12(17)18)5-6-20-2/h3-4,7,11H,5-6H2,1-2H3,(H,17,18)(H2,15,16,19). The zero-order valence-electron chi connectivity index (χ0n) is 11.3. The maximum atomic E-state index is 11.7. The van der Waals surface area contributed by atoms with Crippen molar-refractivity contribution in [2.24, 2.45) is 0 Å². The van der Waals surface area contributed by atoms with Crippen LogP contribution in [0, 0.1) is 6.92 Å². The molecule has 0 aliphatic rings. The minimum atomic E-state index is -1.12. The first kappa shape index (κ1) is 16.3. The predicted molar refractivity (Wildman–Crippen MR) is 76.3 cm³/mol. The molecule has 20 heavy (non-hydrogen) atoms. The third kappa shape index (κ3) is 5.07. The molecule has 0 aliphatic heterocycles. The third-order valence-electron chi connectivity index (χ3n) is 2.59. The second-order valence-electron chi connectivity index (χ2n) is 4.25. The van der Waals surface area contributed by atoms with E-state index in [9.17, 15) is 9.59 Å². The zero-order valence-corrected chi connectivity index (χ0v) is 12.0. The number of carboxylic acids is 1. The maximum absolute atomic E-state index is 11.7. The fraction of sp³-hybridized carbons (Fsp3) is 0.385. The van der Waals surface area contributed by atoms with Gasteiger partial charge in [-0.1, -0.05) is 17.7 Å². The number of nitrogens with one attached hydrogen (secondary N) is 2. The van der Waals surface area contributed by atoms with E-state index >= 15 is 0 Å². The lowest BCUT2D eigenvalue weighted by atomic mass is 10.2. The number of urea groups is 1. The van der Waals surface area contributed by atoms with E-state index in [1.165, 1.54) is 7.11 Å². The van der Waals surface area contributed by atoms with Crippen molar-refractivity contribution in [3.05, 3.63) is 28.8 Å². The van der Waals surface area contributed by atoms with Gasteiger partial charge in [0, 0.05) is 20.1 Å². The summed E-state index contributed by atoms with van der Waals surface area (Å²) in [5.74, 6) is -1.12. The van der Waals surface area contributed by atoms with Gasteiger partial charge in [-0.15, -0.1) is 0 Å². The van der Waals surface area contributed by atoms with E-state index in [1.54, 1.807) is 18.2 Å². The molecule has 3 N–H and O–H groups in total. The van der Waals surface area contributed by atoms with Crippen LogP contribution in [0.1, 0.15) is 12.0 Å². The van der Waals surface area contributed by atoms with Gasteiger partial charge in [0.2, 0.25) is 0 Å². The topological polar surface area (TPSA) is 87.7 Å². The number of carbonyl (C=O) groups excluding carboxylic acids is 1. The molecule has 2 amide bonds. The number of hydrogen-bond acceptors (Lipinski definition) is 3. The summed E-state index contributed by atoms with van der Waals surface area (Å²) in [6, 6.07) is 3.51. The molecule has 0 saturated carbocycles. The van der Waals surface area contributed by atoms with E-state index in [0.717, 1.165) is 5.56 Å². The molecule has 1 rings (SSSR count). The van der Waals surface area contributed by atoms with E-state index in [0.29, 0.717) is 10.7 Å². The molecule has 1 aromatic rings. The van der Waals surface area contributed by atoms with Crippen LogP contribution in [0.5, 0.6) is 0 Å². The Morgan fingerprint density at radius 2 is 2.15 bits per heavy atom. The largest absolute Gasteiger partial charge is 0.480 e. The summed E-state index contributed by atoms with van der Waals surface area (Å²) in [6.45, 7) is 2.11. The van der Waals surface area contributed by atoms with Crippen molar-refractivity contribution in [2.45, 2.75) is 19.4 Å². The highest BCUT2D eigenvalue weighted by atomic mass is 35.5. The zero-order chi connectivity index (χ0) is 15.1. The lowest BCUT2D eigenvalue weighted by Crippen LogP contribution is -2.43. The van der Waals surface area contributed by atoms with Crippen LogP contribution in [-0.2, 0) is 9.53 Å². The van der Waals surface area contributed by atoms with Crippen molar-refractivity contribution in [3.63, 3.8) is 0 Å². The van der Waals surface area contributed by atoms with Crippen LogP contribution in [0.3, 0.4) is 0 Å². The highest BCUT2D eigenvalue weighted by Crippen LogP contribution is 2.22. The van der Waals surface area contributed by atoms with Gasteiger partial charge in [-0.3, -0.25) is 0 Å².